The van der Waals surface area contributed by atoms with Crippen LogP contribution in [0.4, 0.5) is 10.1 Å². The average Bonchev–Trinajstić information content (AvgIpc) is 3.16. The molecule has 5 heteroatoms. The van der Waals surface area contributed by atoms with Crippen molar-refractivity contribution >= 4 is 11.6 Å². The fourth-order valence-corrected chi connectivity index (χ4v) is 1.56. The quantitative estimate of drug-likeness (QED) is 0.596. The minimum absolute atomic E-state index is 0.0207. The summed E-state index contributed by atoms with van der Waals surface area (Å²) in [5.74, 6) is -0.0614. The molecule has 0 spiro atoms. The standard InChI is InChI=1S/C13H17FN2O2/c14-11-4-3-10(7-12(11)15)13(17)16-5-6-18-8-9-1-2-9/h3-4,7,9H,1-2,5-6,8,15H2,(H,16,17). The molecule has 0 bridgehead atoms. The summed E-state index contributed by atoms with van der Waals surface area (Å²) >= 11 is 0. The van der Waals surface area contributed by atoms with Gasteiger partial charge in [0.15, 0.2) is 0 Å². The minimum atomic E-state index is -0.515. The van der Waals surface area contributed by atoms with Gasteiger partial charge in [-0.05, 0) is 37.0 Å². The number of anilines is 1. The van der Waals surface area contributed by atoms with Crippen LogP contribution in [0.2, 0.25) is 0 Å². The lowest BCUT2D eigenvalue weighted by Gasteiger charge is -2.07. The maximum absolute atomic E-state index is 12.9. The molecule has 0 atom stereocenters. The lowest BCUT2D eigenvalue weighted by Crippen LogP contribution is -2.27. The highest BCUT2D eigenvalue weighted by molar-refractivity contribution is 5.94. The summed E-state index contributed by atoms with van der Waals surface area (Å²) in [6.45, 7) is 1.72. The van der Waals surface area contributed by atoms with Crippen LogP contribution in [-0.4, -0.2) is 25.7 Å². The molecule has 4 nitrogen and oxygen atoms in total. The van der Waals surface area contributed by atoms with Gasteiger partial charge in [-0.25, -0.2) is 4.39 Å². The van der Waals surface area contributed by atoms with Crippen LogP contribution in [0, 0.1) is 11.7 Å². The van der Waals surface area contributed by atoms with Crippen LogP contribution in [0.1, 0.15) is 23.2 Å². The number of nitrogens with two attached hydrogens (primary N) is 1. The van der Waals surface area contributed by atoms with E-state index in [4.69, 9.17) is 10.5 Å². The number of nitrogens with one attached hydrogen (secondary N) is 1. The highest BCUT2D eigenvalue weighted by Gasteiger charge is 2.20. The number of carbonyl (C=O) groups excluding carboxylic acids is 1. The van der Waals surface area contributed by atoms with E-state index in [0.717, 1.165) is 12.5 Å². The zero-order chi connectivity index (χ0) is 13.0. The molecule has 1 aliphatic carbocycles. The van der Waals surface area contributed by atoms with E-state index in [1.165, 1.54) is 31.0 Å². The molecule has 3 N–H and O–H groups in total. The fraction of sp³-hybridized carbons (Fsp3) is 0.462. The number of hydrogen-bond acceptors (Lipinski definition) is 3. The van der Waals surface area contributed by atoms with E-state index in [1.54, 1.807) is 0 Å². The zero-order valence-electron chi connectivity index (χ0n) is 10.1. The van der Waals surface area contributed by atoms with Crippen molar-refractivity contribution in [3.63, 3.8) is 0 Å². The van der Waals surface area contributed by atoms with Gasteiger partial charge in [-0.3, -0.25) is 4.79 Å². The van der Waals surface area contributed by atoms with Crippen molar-refractivity contribution in [1.82, 2.24) is 5.32 Å². The molecule has 1 amide bonds. The Bertz CT molecular complexity index is 433. The van der Waals surface area contributed by atoms with E-state index in [2.05, 4.69) is 5.32 Å². The summed E-state index contributed by atoms with van der Waals surface area (Å²) in [5, 5.41) is 2.70. The van der Waals surface area contributed by atoms with Gasteiger partial charge >= 0.3 is 0 Å². The van der Waals surface area contributed by atoms with Crippen LogP contribution in [-0.2, 0) is 4.74 Å². The molecule has 2 rings (SSSR count). The highest BCUT2D eigenvalue weighted by Crippen LogP contribution is 2.28. The molecule has 1 fully saturated rings. The van der Waals surface area contributed by atoms with E-state index in [9.17, 15) is 9.18 Å². The summed E-state index contributed by atoms with van der Waals surface area (Å²) in [6, 6.07) is 3.93. The highest BCUT2D eigenvalue weighted by atomic mass is 19.1. The summed E-state index contributed by atoms with van der Waals surface area (Å²) in [6.07, 6.45) is 2.50. The topological polar surface area (TPSA) is 64.4 Å². The van der Waals surface area contributed by atoms with Gasteiger partial charge in [-0.15, -0.1) is 0 Å². The second-order valence-electron chi connectivity index (χ2n) is 4.51. The van der Waals surface area contributed by atoms with E-state index in [0.29, 0.717) is 18.7 Å². The number of carbonyl (C=O) groups is 1. The smallest absolute Gasteiger partial charge is 0.251 e. The van der Waals surface area contributed by atoms with Gasteiger partial charge in [-0.2, -0.15) is 0 Å². The first-order chi connectivity index (χ1) is 8.66. The van der Waals surface area contributed by atoms with Crippen molar-refractivity contribution in [1.29, 1.82) is 0 Å². The predicted molar refractivity (Wildman–Crippen MR) is 66.7 cm³/mol. The molecular formula is C13H17FN2O2. The monoisotopic (exact) mass is 252 g/mol. The van der Waals surface area contributed by atoms with Crippen LogP contribution >= 0.6 is 0 Å². The van der Waals surface area contributed by atoms with Gasteiger partial charge in [-0.1, -0.05) is 0 Å². The molecule has 1 aromatic rings. The molecule has 0 aliphatic heterocycles. The molecule has 1 saturated carbocycles. The second kappa shape index (κ2) is 5.82. The van der Waals surface area contributed by atoms with Crippen molar-refractivity contribution in [3.8, 4) is 0 Å². The number of rotatable bonds is 6. The van der Waals surface area contributed by atoms with Gasteiger partial charge < -0.3 is 15.8 Å². The second-order valence-corrected chi connectivity index (χ2v) is 4.51. The Kier molecular flexibility index (Phi) is 4.15. The number of benzene rings is 1. The number of halogens is 1. The van der Waals surface area contributed by atoms with Crippen LogP contribution < -0.4 is 11.1 Å². The van der Waals surface area contributed by atoms with E-state index >= 15 is 0 Å². The predicted octanol–water partition coefficient (Wildman–Crippen LogP) is 1.56. The van der Waals surface area contributed by atoms with Gasteiger partial charge in [0.25, 0.3) is 5.91 Å². The number of amides is 1. The van der Waals surface area contributed by atoms with Crippen molar-refractivity contribution in [2.75, 3.05) is 25.5 Å². The lowest BCUT2D eigenvalue weighted by molar-refractivity contribution is 0.0906. The third-order valence-electron chi connectivity index (χ3n) is 2.84. The average molecular weight is 252 g/mol. The summed E-state index contributed by atoms with van der Waals surface area (Å²) in [4.78, 5) is 11.7. The van der Waals surface area contributed by atoms with Crippen LogP contribution in [0.5, 0.6) is 0 Å². The van der Waals surface area contributed by atoms with Crippen molar-refractivity contribution in [3.05, 3.63) is 29.6 Å². The van der Waals surface area contributed by atoms with Gasteiger partial charge in [0.1, 0.15) is 5.82 Å². The number of hydrogen-bond donors (Lipinski definition) is 2. The number of ether oxygens (including phenoxy) is 1. The third kappa shape index (κ3) is 3.70. The summed E-state index contributed by atoms with van der Waals surface area (Å²) in [7, 11) is 0. The first-order valence-electron chi connectivity index (χ1n) is 6.08. The normalized spacial score (nSPS) is 14.5. The van der Waals surface area contributed by atoms with Crippen molar-refractivity contribution in [2.45, 2.75) is 12.8 Å². The Morgan fingerprint density at radius 3 is 2.94 bits per heavy atom. The molecule has 0 unspecified atom stereocenters. The Morgan fingerprint density at radius 1 is 1.50 bits per heavy atom. The van der Waals surface area contributed by atoms with Gasteiger partial charge in [0, 0.05) is 18.7 Å². The third-order valence-corrected chi connectivity index (χ3v) is 2.84. The van der Waals surface area contributed by atoms with Gasteiger partial charge in [0.05, 0.1) is 12.3 Å². The Hall–Kier alpha value is -1.62. The Labute approximate surface area is 105 Å². The first kappa shape index (κ1) is 12.8. The maximum atomic E-state index is 12.9. The molecule has 1 aromatic carbocycles. The van der Waals surface area contributed by atoms with E-state index < -0.39 is 5.82 Å². The molecule has 0 radical (unpaired) electrons. The molecule has 98 valence electrons. The molecule has 18 heavy (non-hydrogen) atoms. The lowest BCUT2D eigenvalue weighted by atomic mass is 10.2. The fourth-order valence-electron chi connectivity index (χ4n) is 1.56. The van der Waals surface area contributed by atoms with Crippen molar-refractivity contribution < 1.29 is 13.9 Å². The van der Waals surface area contributed by atoms with Crippen LogP contribution in [0.3, 0.4) is 0 Å². The van der Waals surface area contributed by atoms with E-state index in [1.807, 2.05) is 0 Å². The molecule has 0 aromatic heterocycles. The summed E-state index contributed by atoms with van der Waals surface area (Å²) < 4.78 is 18.3. The van der Waals surface area contributed by atoms with Crippen LogP contribution in [0.15, 0.2) is 18.2 Å². The molecule has 1 aliphatic rings. The summed E-state index contributed by atoms with van der Waals surface area (Å²) in [5.41, 5.74) is 5.73. The maximum Gasteiger partial charge on any atom is 0.251 e. The largest absolute Gasteiger partial charge is 0.396 e. The Morgan fingerprint density at radius 2 is 2.28 bits per heavy atom. The Balaban J connectivity index is 1.70. The number of nitrogen functional groups attached to an aromatic ring is 1. The molecule has 0 heterocycles. The molecule has 0 saturated heterocycles. The first-order valence-corrected chi connectivity index (χ1v) is 6.08. The van der Waals surface area contributed by atoms with Crippen molar-refractivity contribution in [2.24, 2.45) is 5.92 Å². The SMILES string of the molecule is Nc1cc(C(=O)NCCOCC2CC2)ccc1F. The van der Waals surface area contributed by atoms with Crippen LogP contribution in [0.25, 0.3) is 0 Å². The minimum Gasteiger partial charge on any atom is -0.396 e. The molecular weight excluding hydrogens is 235 g/mol. The zero-order valence-corrected chi connectivity index (χ0v) is 10.1. The van der Waals surface area contributed by atoms with Gasteiger partial charge in [0.2, 0.25) is 0 Å². The van der Waals surface area contributed by atoms with E-state index in [-0.39, 0.29) is 11.6 Å².